The lowest BCUT2D eigenvalue weighted by atomic mass is 10.2. The lowest BCUT2D eigenvalue weighted by Gasteiger charge is -2.06. The maximum Gasteiger partial charge on any atom is 0.199 e. The van der Waals surface area contributed by atoms with Crippen molar-refractivity contribution in [2.45, 2.75) is 6.54 Å². The van der Waals surface area contributed by atoms with Crippen molar-refractivity contribution in [1.82, 2.24) is 0 Å². The molecule has 0 atom stereocenters. The Balaban J connectivity index is 1.87. The third-order valence-corrected chi connectivity index (χ3v) is 3.92. The highest BCUT2D eigenvalue weighted by atomic mass is 127. The second-order valence-corrected chi connectivity index (χ2v) is 5.80. The van der Waals surface area contributed by atoms with E-state index in [1.54, 1.807) is 0 Å². The number of hydrogen-bond donors (Lipinski definition) is 1. The topological polar surface area (TPSA) is 25.2 Å². The first-order valence-corrected chi connectivity index (χ1v) is 7.35. The average molecular weight is 384 g/mol. The van der Waals surface area contributed by atoms with Crippen LogP contribution in [0.25, 0.3) is 11.0 Å². The first-order valence-electron chi connectivity index (χ1n) is 5.89. The Labute approximate surface area is 129 Å². The fourth-order valence-corrected chi connectivity index (χ4v) is 2.82. The van der Waals surface area contributed by atoms with E-state index in [1.807, 2.05) is 36.4 Å². The fraction of sp³-hybridized carbons (Fsp3) is 0.0667. The van der Waals surface area contributed by atoms with Gasteiger partial charge in [0, 0.05) is 26.8 Å². The summed E-state index contributed by atoms with van der Waals surface area (Å²) in [6.45, 7) is 0.649. The van der Waals surface area contributed by atoms with Crippen molar-refractivity contribution >= 4 is 50.8 Å². The van der Waals surface area contributed by atoms with Crippen LogP contribution in [0.2, 0.25) is 5.22 Å². The van der Waals surface area contributed by atoms with Gasteiger partial charge in [-0.2, -0.15) is 0 Å². The Morgan fingerprint density at radius 3 is 2.79 bits per heavy atom. The molecule has 19 heavy (non-hydrogen) atoms. The van der Waals surface area contributed by atoms with Gasteiger partial charge in [0.05, 0.1) is 0 Å². The molecule has 3 aromatic rings. The number of anilines is 1. The van der Waals surface area contributed by atoms with Crippen LogP contribution in [0, 0.1) is 3.57 Å². The highest BCUT2D eigenvalue weighted by Crippen LogP contribution is 2.30. The summed E-state index contributed by atoms with van der Waals surface area (Å²) in [5, 5.41) is 4.89. The van der Waals surface area contributed by atoms with Gasteiger partial charge in [-0.15, -0.1) is 0 Å². The minimum Gasteiger partial charge on any atom is -0.444 e. The second-order valence-electron chi connectivity index (χ2n) is 4.21. The van der Waals surface area contributed by atoms with Gasteiger partial charge in [0.1, 0.15) is 5.58 Å². The number of para-hydroxylation sites is 1. The molecule has 1 heterocycles. The normalized spacial score (nSPS) is 10.8. The van der Waals surface area contributed by atoms with E-state index in [0.29, 0.717) is 11.8 Å². The molecule has 0 saturated carbocycles. The third kappa shape index (κ3) is 2.72. The highest BCUT2D eigenvalue weighted by molar-refractivity contribution is 14.1. The van der Waals surface area contributed by atoms with Crippen molar-refractivity contribution in [2.75, 3.05) is 5.32 Å². The summed E-state index contributed by atoms with van der Waals surface area (Å²) in [6.07, 6.45) is 0. The van der Waals surface area contributed by atoms with E-state index in [-0.39, 0.29) is 0 Å². The number of hydrogen-bond acceptors (Lipinski definition) is 2. The van der Waals surface area contributed by atoms with Crippen molar-refractivity contribution in [3.05, 3.63) is 62.9 Å². The molecule has 0 unspecified atom stereocenters. The van der Waals surface area contributed by atoms with Crippen molar-refractivity contribution in [1.29, 1.82) is 0 Å². The molecule has 0 bridgehead atoms. The minimum absolute atomic E-state index is 0.458. The van der Waals surface area contributed by atoms with Crippen LogP contribution >= 0.6 is 34.2 Å². The number of fused-ring (bicyclic) bond motifs is 1. The van der Waals surface area contributed by atoms with E-state index >= 15 is 0 Å². The quantitative estimate of drug-likeness (QED) is 0.621. The summed E-state index contributed by atoms with van der Waals surface area (Å²) in [5.74, 6) is 0. The first-order chi connectivity index (χ1) is 9.24. The van der Waals surface area contributed by atoms with E-state index in [2.05, 4.69) is 40.0 Å². The Morgan fingerprint density at radius 1 is 1.11 bits per heavy atom. The predicted octanol–water partition coefficient (Wildman–Crippen LogP) is 5.30. The SMILES string of the molecule is Clc1oc2ccccc2c1CNc1cccc(I)c1. The Bertz CT molecular complexity index is 723. The maximum absolute atomic E-state index is 6.16. The van der Waals surface area contributed by atoms with Gasteiger partial charge in [-0.3, -0.25) is 0 Å². The summed E-state index contributed by atoms with van der Waals surface area (Å²) in [4.78, 5) is 0. The molecule has 3 rings (SSSR count). The zero-order chi connectivity index (χ0) is 13.2. The van der Waals surface area contributed by atoms with Crippen LogP contribution < -0.4 is 5.32 Å². The fourth-order valence-electron chi connectivity index (χ4n) is 2.02. The van der Waals surface area contributed by atoms with Crippen LogP contribution in [0.4, 0.5) is 5.69 Å². The van der Waals surface area contributed by atoms with Gasteiger partial charge in [-0.25, -0.2) is 0 Å². The summed E-state index contributed by atoms with van der Waals surface area (Å²) in [6, 6.07) is 16.1. The molecule has 1 N–H and O–H groups in total. The zero-order valence-electron chi connectivity index (χ0n) is 9.99. The van der Waals surface area contributed by atoms with E-state index in [9.17, 15) is 0 Å². The maximum atomic E-state index is 6.16. The number of halogens is 2. The molecule has 0 aliphatic rings. The molecule has 0 radical (unpaired) electrons. The summed E-state index contributed by atoms with van der Waals surface area (Å²) in [5.41, 5.74) is 2.90. The smallest absolute Gasteiger partial charge is 0.199 e. The van der Waals surface area contributed by atoms with Gasteiger partial charge in [0.25, 0.3) is 0 Å². The standard InChI is InChI=1S/C15H11ClINO/c16-15-13(12-6-1-2-7-14(12)19-15)9-18-11-5-3-4-10(17)8-11/h1-8,18H,9H2. The monoisotopic (exact) mass is 383 g/mol. The Kier molecular flexibility index (Phi) is 3.66. The predicted molar refractivity (Wildman–Crippen MR) is 87.7 cm³/mol. The van der Waals surface area contributed by atoms with Gasteiger partial charge < -0.3 is 9.73 Å². The van der Waals surface area contributed by atoms with Crippen molar-refractivity contribution < 1.29 is 4.42 Å². The lowest BCUT2D eigenvalue weighted by Crippen LogP contribution is -1.99. The molecule has 96 valence electrons. The number of benzene rings is 2. The molecule has 1 aromatic heterocycles. The molecule has 0 amide bonds. The van der Waals surface area contributed by atoms with Crippen LogP contribution in [0.1, 0.15) is 5.56 Å². The van der Waals surface area contributed by atoms with E-state index in [1.165, 1.54) is 3.57 Å². The van der Waals surface area contributed by atoms with E-state index < -0.39 is 0 Å². The number of furan rings is 1. The third-order valence-electron chi connectivity index (χ3n) is 2.94. The van der Waals surface area contributed by atoms with Crippen LogP contribution in [0.3, 0.4) is 0 Å². The molecule has 2 nitrogen and oxygen atoms in total. The van der Waals surface area contributed by atoms with Crippen molar-refractivity contribution in [2.24, 2.45) is 0 Å². The zero-order valence-corrected chi connectivity index (χ0v) is 12.9. The van der Waals surface area contributed by atoms with Gasteiger partial charge >= 0.3 is 0 Å². The second kappa shape index (κ2) is 5.43. The van der Waals surface area contributed by atoms with E-state index in [0.717, 1.165) is 22.2 Å². The molecule has 2 aromatic carbocycles. The summed E-state index contributed by atoms with van der Waals surface area (Å²) in [7, 11) is 0. The van der Waals surface area contributed by atoms with Crippen LogP contribution in [-0.4, -0.2) is 0 Å². The molecular formula is C15H11ClINO. The molecule has 4 heteroatoms. The summed E-state index contributed by atoms with van der Waals surface area (Å²) < 4.78 is 6.73. The van der Waals surface area contributed by atoms with Gasteiger partial charge in [0.2, 0.25) is 0 Å². The van der Waals surface area contributed by atoms with Crippen molar-refractivity contribution in [3.8, 4) is 0 Å². The molecule has 0 fully saturated rings. The molecule has 0 saturated heterocycles. The Hall–Kier alpha value is -1.20. The average Bonchev–Trinajstić information content (AvgIpc) is 2.72. The largest absolute Gasteiger partial charge is 0.444 e. The van der Waals surface area contributed by atoms with Crippen LogP contribution in [-0.2, 0) is 6.54 Å². The summed E-state index contributed by atoms with van der Waals surface area (Å²) >= 11 is 8.45. The molecule has 0 spiro atoms. The van der Waals surface area contributed by atoms with Gasteiger partial charge in [-0.05, 0) is 58.5 Å². The lowest BCUT2D eigenvalue weighted by molar-refractivity contribution is 0.613. The van der Waals surface area contributed by atoms with Crippen molar-refractivity contribution in [3.63, 3.8) is 0 Å². The first kappa shape index (κ1) is 12.8. The molecule has 0 aliphatic carbocycles. The molecular weight excluding hydrogens is 373 g/mol. The minimum atomic E-state index is 0.458. The van der Waals surface area contributed by atoms with Crippen LogP contribution in [0.5, 0.6) is 0 Å². The van der Waals surface area contributed by atoms with Gasteiger partial charge in [-0.1, -0.05) is 24.3 Å². The van der Waals surface area contributed by atoms with Crippen LogP contribution in [0.15, 0.2) is 52.9 Å². The highest BCUT2D eigenvalue weighted by Gasteiger charge is 2.11. The number of rotatable bonds is 3. The van der Waals surface area contributed by atoms with Gasteiger partial charge in [0.15, 0.2) is 5.22 Å². The Morgan fingerprint density at radius 2 is 1.95 bits per heavy atom. The molecule has 0 aliphatic heterocycles. The van der Waals surface area contributed by atoms with E-state index in [4.69, 9.17) is 16.0 Å². The number of nitrogens with one attached hydrogen (secondary N) is 1.